The Balaban J connectivity index is 3.26. The van der Waals surface area contributed by atoms with Crippen molar-refractivity contribution in [3.63, 3.8) is 0 Å². The maximum atomic E-state index is 3.60. The Hall–Kier alpha value is -0.530. The van der Waals surface area contributed by atoms with Crippen molar-refractivity contribution < 1.29 is 4.68 Å². The number of hydrazine groups is 1. The maximum Gasteiger partial charge on any atom is 0.161 e. The first kappa shape index (κ1) is 5.47. The SMILES string of the molecule is C=[N+](C)N(C)C. The van der Waals surface area contributed by atoms with E-state index in [1.807, 2.05) is 26.2 Å². The molecule has 0 fully saturated rings. The molecule has 0 atom stereocenters. The average molecular weight is 87.1 g/mol. The lowest BCUT2D eigenvalue weighted by atomic mass is 11.1. The topological polar surface area (TPSA) is 6.25 Å². The molecule has 0 spiro atoms. The van der Waals surface area contributed by atoms with Crippen LogP contribution in [0.25, 0.3) is 0 Å². The van der Waals surface area contributed by atoms with Crippen molar-refractivity contribution in [2.75, 3.05) is 21.1 Å². The van der Waals surface area contributed by atoms with E-state index in [0.29, 0.717) is 0 Å². The monoisotopic (exact) mass is 87.1 g/mol. The number of hydrogen-bond acceptors (Lipinski definition) is 1. The zero-order chi connectivity index (χ0) is 5.15. The maximum absolute atomic E-state index is 3.60. The minimum Gasteiger partial charge on any atom is -0.193 e. The van der Waals surface area contributed by atoms with Crippen LogP contribution in [0.1, 0.15) is 0 Å². The Morgan fingerprint density at radius 1 is 1.50 bits per heavy atom. The first-order valence-corrected chi connectivity index (χ1v) is 1.86. The summed E-state index contributed by atoms with van der Waals surface area (Å²) in [6, 6.07) is 0. The molecule has 0 radical (unpaired) electrons. The van der Waals surface area contributed by atoms with E-state index in [0.717, 1.165) is 0 Å². The second-order valence-corrected chi connectivity index (χ2v) is 1.50. The summed E-state index contributed by atoms with van der Waals surface area (Å²) in [6.45, 7) is 3.60. The van der Waals surface area contributed by atoms with E-state index in [-0.39, 0.29) is 0 Å². The van der Waals surface area contributed by atoms with Crippen molar-refractivity contribution in [3.05, 3.63) is 0 Å². The van der Waals surface area contributed by atoms with E-state index in [1.54, 1.807) is 4.68 Å². The molecule has 0 heterocycles. The Bertz CT molecular complexity index is 56.6. The molecule has 0 aliphatic heterocycles. The molecule has 0 aromatic rings. The number of nitrogens with zero attached hydrogens (tertiary/aromatic N) is 2. The number of rotatable bonds is 1. The van der Waals surface area contributed by atoms with E-state index < -0.39 is 0 Å². The van der Waals surface area contributed by atoms with Crippen LogP contribution in [-0.4, -0.2) is 37.6 Å². The van der Waals surface area contributed by atoms with E-state index in [4.69, 9.17) is 0 Å². The lowest BCUT2D eigenvalue weighted by Crippen LogP contribution is -2.21. The Morgan fingerprint density at radius 2 is 1.67 bits per heavy atom. The van der Waals surface area contributed by atoms with E-state index in [9.17, 15) is 0 Å². The molecule has 0 aromatic carbocycles. The van der Waals surface area contributed by atoms with Gasteiger partial charge in [-0.2, -0.15) is 5.01 Å². The summed E-state index contributed by atoms with van der Waals surface area (Å²) in [4.78, 5) is 0. The van der Waals surface area contributed by atoms with E-state index in [1.165, 1.54) is 0 Å². The van der Waals surface area contributed by atoms with Crippen LogP contribution in [-0.2, 0) is 0 Å². The lowest BCUT2D eigenvalue weighted by Gasteiger charge is -2.00. The summed E-state index contributed by atoms with van der Waals surface area (Å²) in [7, 11) is 5.76. The van der Waals surface area contributed by atoms with Crippen molar-refractivity contribution in [2.24, 2.45) is 0 Å². The molecule has 0 amide bonds. The van der Waals surface area contributed by atoms with Gasteiger partial charge in [0.1, 0.15) is 0 Å². The molecular weight excluding hydrogens is 76.1 g/mol. The van der Waals surface area contributed by atoms with Gasteiger partial charge in [0.15, 0.2) is 13.8 Å². The van der Waals surface area contributed by atoms with Crippen molar-refractivity contribution in [2.45, 2.75) is 0 Å². The highest BCUT2D eigenvalue weighted by Crippen LogP contribution is 1.63. The third-order valence-electron chi connectivity index (χ3n) is 0.683. The van der Waals surface area contributed by atoms with Crippen molar-refractivity contribution >= 4 is 6.72 Å². The number of hydrazone groups is 1. The molecule has 2 heteroatoms. The molecule has 2 nitrogen and oxygen atoms in total. The zero-order valence-electron chi connectivity index (χ0n) is 4.60. The molecule has 0 bridgehead atoms. The molecule has 0 aromatic heterocycles. The summed E-state index contributed by atoms with van der Waals surface area (Å²) in [6.07, 6.45) is 0. The lowest BCUT2D eigenvalue weighted by molar-refractivity contribution is -0.648. The fraction of sp³-hybridized carbons (Fsp3) is 0.750. The van der Waals surface area contributed by atoms with Crippen molar-refractivity contribution in [3.8, 4) is 0 Å². The summed E-state index contributed by atoms with van der Waals surface area (Å²) < 4.78 is 1.75. The molecule has 0 unspecified atom stereocenters. The third kappa shape index (κ3) is 1.76. The van der Waals surface area contributed by atoms with Gasteiger partial charge in [-0.05, 0) is 0 Å². The molecule has 0 N–H and O–H groups in total. The Kier molecular flexibility index (Phi) is 1.64. The second kappa shape index (κ2) is 1.80. The molecule has 0 rings (SSSR count). The molecule has 0 aliphatic carbocycles. The summed E-state index contributed by atoms with van der Waals surface area (Å²) >= 11 is 0. The minimum atomic E-state index is 1.75. The van der Waals surface area contributed by atoms with Crippen LogP contribution in [0.3, 0.4) is 0 Å². The predicted octanol–water partition coefficient (Wildman–Crippen LogP) is -0.194. The average Bonchev–Trinajstić information content (AvgIpc) is 1.36. The van der Waals surface area contributed by atoms with Gasteiger partial charge in [-0.1, -0.05) is 0 Å². The summed E-state index contributed by atoms with van der Waals surface area (Å²) in [5.74, 6) is 0. The molecule has 36 valence electrons. The smallest absolute Gasteiger partial charge is 0.161 e. The van der Waals surface area contributed by atoms with Crippen LogP contribution < -0.4 is 0 Å². The van der Waals surface area contributed by atoms with Crippen LogP contribution in [0.4, 0.5) is 0 Å². The molecule has 6 heavy (non-hydrogen) atoms. The van der Waals surface area contributed by atoms with Gasteiger partial charge in [0.25, 0.3) is 0 Å². The predicted molar refractivity (Wildman–Crippen MR) is 27.0 cm³/mol. The first-order valence-electron chi connectivity index (χ1n) is 1.86. The second-order valence-electron chi connectivity index (χ2n) is 1.50. The van der Waals surface area contributed by atoms with Crippen LogP contribution in [0, 0.1) is 0 Å². The van der Waals surface area contributed by atoms with Crippen LogP contribution >= 0.6 is 0 Å². The van der Waals surface area contributed by atoms with Gasteiger partial charge in [-0.3, -0.25) is 0 Å². The highest BCUT2D eigenvalue weighted by atomic mass is 15.5. The summed E-state index contributed by atoms with van der Waals surface area (Å²) in [5, 5.41) is 1.89. The molecule has 0 saturated heterocycles. The van der Waals surface area contributed by atoms with Gasteiger partial charge in [0.05, 0.1) is 14.1 Å². The van der Waals surface area contributed by atoms with E-state index in [2.05, 4.69) is 6.72 Å². The van der Waals surface area contributed by atoms with Gasteiger partial charge >= 0.3 is 0 Å². The quantitative estimate of drug-likeness (QED) is 0.244. The molecule has 0 aliphatic rings. The largest absolute Gasteiger partial charge is 0.193 e. The van der Waals surface area contributed by atoms with Gasteiger partial charge in [0.2, 0.25) is 0 Å². The van der Waals surface area contributed by atoms with Crippen LogP contribution in [0.5, 0.6) is 0 Å². The highest BCUT2D eigenvalue weighted by Gasteiger charge is 1.85. The highest BCUT2D eigenvalue weighted by molar-refractivity contribution is 5.13. The normalized spacial score (nSPS) is 7.83. The van der Waals surface area contributed by atoms with Crippen LogP contribution in [0.15, 0.2) is 0 Å². The Labute approximate surface area is 38.7 Å². The number of hydrogen-bond donors (Lipinski definition) is 0. The molecule has 0 saturated carbocycles. The first-order chi connectivity index (χ1) is 2.64. The van der Waals surface area contributed by atoms with Crippen LogP contribution in [0.2, 0.25) is 0 Å². The van der Waals surface area contributed by atoms with Crippen molar-refractivity contribution in [1.29, 1.82) is 0 Å². The third-order valence-corrected chi connectivity index (χ3v) is 0.683. The van der Waals surface area contributed by atoms with Gasteiger partial charge in [-0.25, -0.2) is 0 Å². The fourth-order valence-corrected chi connectivity index (χ4v) is 0. The molecular formula is C4H11N2+. The Morgan fingerprint density at radius 3 is 1.67 bits per heavy atom. The van der Waals surface area contributed by atoms with Crippen molar-refractivity contribution in [1.82, 2.24) is 5.01 Å². The minimum absolute atomic E-state index is 1.75. The fourth-order valence-electron chi connectivity index (χ4n) is 0. The zero-order valence-corrected chi connectivity index (χ0v) is 4.60. The van der Waals surface area contributed by atoms with E-state index >= 15 is 0 Å². The van der Waals surface area contributed by atoms with Gasteiger partial charge in [0, 0.05) is 0 Å². The summed E-state index contributed by atoms with van der Waals surface area (Å²) in [5.41, 5.74) is 0. The standard InChI is InChI=1S/C4H11N2/c1-5(2)6(3)4/h1H2,2-4H3/q+1. The van der Waals surface area contributed by atoms with Gasteiger partial charge in [-0.15, -0.1) is 4.68 Å². The van der Waals surface area contributed by atoms with Gasteiger partial charge < -0.3 is 0 Å².